The summed E-state index contributed by atoms with van der Waals surface area (Å²) >= 11 is 3.40. The van der Waals surface area contributed by atoms with E-state index < -0.39 is 0 Å². The summed E-state index contributed by atoms with van der Waals surface area (Å²) < 4.78 is 2.70. The number of aromatic nitrogens is 2. The highest BCUT2D eigenvalue weighted by Gasteiger charge is 2.09. The van der Waals surface area contributed by atoms with Gasteiger partial charge in [-0.2, -0.15) is 5.10 Å². The van der Waals surface area contributed by atoms with Crippen molar-refractivity contribution in [1.29, 1.82) is 0 Å². The van der Waals surface area contributed by atoms with E-state index in [1.165, 1.54) is 5.56 Å². The molecule has 0 saturated carbocycles. The fraction of sp³-hybridized carbons (Fsp3) is 0.111. The van der Waals surface area contributed by atoms with Crippen molar-refractivity contribution in [3.8, 4) is 5.69 Å². The lowest BCUT2D eigenvalue weighted by Crippen LogP contribution is -2.25. The first-order chi connectivity index (χ1) is 11.2. The molecule has 0 radical (unpaired) electrons. The Hall–Kier alpha value is -2.40. The van der Waals surface area contributed by atoms with Crippen LogP contribution in [0.5, 0.6) is 0 Å². The minimum Gasteiger partial charge on any atom is -0.352 e. The van der Waals surface area contributed by atoms with Gasteiger partial charge >= 0.3 is 0 Å². The number of halogens is 1. The van der Waals surface area contributed by atoms with Crippen LogP contribution < -0.4 is 5.32 Å². The highest BCUT2D eigenvalue weighted by atomic mass is 79.9. The van der Waals surface area contributed by atoms with E-state index in [2.05, 4.69) is 38.5 Å². The van der Waals surface area contributed by atoms with Crippen LogP contribution in [0.4, 0.5) is 0 Å². The molecular formula is C18H16BrN3O. The summed E-state index contributed by atoms with van der Waals surface area (Å²) in [4.78, 5) is 12.2. The Morgan fingerprint density at radius 2 is 1.83 bits per heavy atom. The molecule has 1 N–H and O–H groups in total. The Kier molecular flexibility index (Phi) is 4.88. The zero-order valence-electron chi connectivity index (χ0n) is 12.4. The van der Waals surface area contributed by atoms with Gasteiger partial charge in [0.15, 0.2) is 0 Å². The van der Waals surface area contributed by atoms with Crippen LogP contribution in [0.15, 0.2) is 71.5 Å². The smallest absolute Gasteiger partial charge is 0.254 e. The Morgan fingerprint density at radius 3 is 2.57 bits per heavy atom. The maximum absolute atomic E-state index is 12.2. The molecule has 116 valence electrons. The van der Waals surface area contributed by atoms with Crippen LogP contribution in [0.3, 0.4) is 0 Å². The van der Waals surface area contributed by atoms with Crippen LogP contribution in [0.25, 0.3) is 5.69 Å². The first kappa shape index (κ1) is 15.5. The second kappa shape index (κ2) is 7.24. The van der Waals surface area contributed by atoms with Crippen LogP contribution >= 0.6 is 15.9 Å². The van der Waals surface area contributed by atoms with Crippen LogP contribution in [0.1, 0.15) is 15.9 Å². The van der Waals surface area contributed by atoms with Crippen molar-refractivity contribution in [3.05, 3.63) is 82.6 Å². The molecule has 0 atom stereocenters. The SMILES string of the molecule is O=C(NCCc1ccccc1)c1cnn(-c2ccc(Br)cc2)c1. The van der Waals surface area contributed by atoms with Crippen molar-refractivity contribution in [2.24, 2.45) is 0 Å². The summed E-state index contributed by atoms with van der Waals surface area (Å²) in [5.74, 6) is -0.107. The van der Waals surface area contributed by atoms with Crippen molar-refractivity contribution in [2.45, 2.75) is 6.42 Å². The van der Waals surface area contributed by atoms with E-state index in [-0.39, 0.29) is 5.91 Å². The average molecular weight is 370 g/mol. The van der Waals surface area contributed by atoms with Crippen LogP contribution in [0.2, 0.25) is 0 Å². The van der Waals surface area contributed by atoms with E-state index in [1.807, 2.05) is 42.5 Å². The largest absolute Gasteiger partial charge is 0.352 e. The van der Waals surface area contributed by atoms with Crippen LogP contribution in [-0.2, 0) is 6.42 Å². The molecule has 0 spiro atoms. The summed E-state index contributed by atoms with van der Waals surface area (Å²) in [6, 6.07) is 17.8. The predicted octanol–water partition coefficient (Wildman–Crippen LogP) is 3.61. The Bertz CT molecular complexity index is 782. The maximum atomic E-state index is 12.2. The van der Waals surface area contributed by atoms with Gasteiger partial charge in [-0.3, -0.25) is 4.79 Å². The summed E-state index contributed by atoms with van der Waals surface area (Å²) in [6.45, 7) is 0.603. The minimum absolute atomic E-state index is 0.107. The molecular weight excluding hydrogens is 354 g/mol. The number of carbonyl (C=O) groups is 1. The molecule has 0 fully saturated rings. The van der Waals surface area contributed by atoms with Crippen molar-refractivity contribution in [3.63, 3.8) is 0 Å². The highest BCUT2D eigenvalue weighted by Crippen LogP contribution is 2.14. The van der Waals surface area contributed by atoms with Gasteiger partial charge in [0.1, 0.15) is 0 Å². The van der Waals surface area contributed by atoms with Crippen LogP contribution in [0, 0.1) is 0 Å². The Morgan fingerprint density at radius 1 is 1.09 bits per heavy atom. The third-order valence-corrected chi connectivity index (χ3v) is 4.01. The summed E-state index contributed by atoms with van der Waals surface area (Å²) in [6.07, 6.45) is 4.13. The highest BCUT2D eigenvalue weighted by molar-refractivity contribution is 9.10. The lowest BCUT2D eigenvalue weighted by molar-refractivity contribution is 0.0954. The molecule has 3 aromatic rings. The average Bonchev–Trinajstić information content (AvgIpc) is 3.06. The topological polar surface area (TPSA) is 46.9 Å². The molecule has 0 aliphatic heterocycles. The first-order valence-electron chi connectivity index (χ1n) is 7.35. The van der Waals surface area contributed by atoms with Crippen molar-refractivity contribution in [1.82, 2.24) is 15.1 Å². The third kappa shape index (κ3) is 4.07. The number of nitrogens with zero attached hydrogens (tertiary/aromatic N) is 2. The zero-order chi connectivity index (χ0) is 16.1. The second-order valence-electron chi connectivity index (χ2n) is 5.14. The van der Waals surface area contributed by atoms with E-state index in [9.17, 15) is 4.79 Å². The molecule has 0 saturated heterocycles. The molecule has 2 aromatic carbocycles. The number of hydrogen-bond acceptors (Lipinski definition) is 2. The van der Waals surface area contributed by atoms with Gasteiger partial charge in [0.2, 0.25) is 0 Å². The lowest BCUT2D eigenvalue weighted by Gasteiger charge is -2.04. The molecule has 0 aliphatic carbocycles. The third-order valence-electron chi connectivity index (χ3n) is 3.48. The fourth-order valence-corrected chi connectivity index (χ4v) is 2.51. The van der Waals surface area contributed by atoms with Gasteiger partial charge in [-0.05, 0) is 36.2 Å². The monoisotopic (exact) mass is 369 g/mol. The van der Waals surface area contributed by atoms with Gasteiger partial charge in [-0.15, -0.1) is 0 Å². The molecule has 4 nitrogen and oxygen atoms in total. The molecule has 1 amide bonds. The van der Waals surface area contributed by atoms with Gasteiger partial charge in [-0.1, -0.05) is 46.3 Å². The van der Waals surface area contributed by atoms with Crippen molar-refractivity contribution in [2.75, 3.05) is 6.54 Å². The lowest BCUT2D eigenvalue weighted by atomic mass is 10.1. The van der Waals surface area contributed by atoms with E-state index in [1.54, 1.807) is 17.1 Å². The molecule has 0 aliphatic rings. The summed E-state index contributed by atoms with van der Waals surface area (Å²) in [5.41, 5.74) is 2.68. The van der Waals surface area contributed by atoms with Gasteiger partial charge < -0.3 is 5.32 Å². The van der Waals surface area contributed by atoms with E-state index >= 15 is 0 Å². The zero-order valence-corrected chi connectivity index (χ0v) is 14.0. The van der Waals surface area contributed by atoms with Gasteiger partial charge in [0, 0.05) is 17.2 Å². The van der Waals surface area contributed by atoms with Crippen molar-refractivity contribution < 1.29 is 4.79 Å². The van der Waals surface area contributed by atoms with Gasteiger partial charge in [0.25, 0.3) is 5.91 Å². The molecule has 0 bridgehead atoms. The minimum atomic E-state index is -0.107. The second-order valence-corrected chi connectivity index (χ2v) is 6.06. The number of amides is 1. The number of carbonyl (C=O) groups excluding carboxylic acids is 1. The molecule has 23 heavy (non-hydrogen) atoms. The number of benzene rings is 2. The van der Waals surface area contributed by atoms with E-state index in [0.717, 1.165) is 16.6 Å². The van der Waals surface area contributed by atoms with E-state index in [4.69, 9.17) is 0 Å². The van der Waals surface area contributed by atoms with Gasteiger partial charge in [0.05, 0.1) is 17.4 Å². The quantitative estimate of drug-likeness (QED) is 0.746. The molecule has 0 unspecified atom stereocenters. The maximum Gasteiger partial charge on any atom is 0.254 e. The number of hydrogen-bond donors (Lipinski definition) is 1. The molecule has 5 heteroatoms. The number of rotatable bonds is 5. The van der Waals surface area contributed by atoms with E-state index in [0.29, 0.717) is 12.1 Å². The molecule has 1 aromatic heterocycles. The summed E-state index contributed by atoms with van der Waals surface area (Å²) in [7, 11) is 0. The van der Waals surface area contributed by atoms with Crippen LogP contribution in [-0.4, -0.2) is 22.2 Å². The van der Waals surface area contributed by atoms with Gasteiger partial charge in [-0.25, -0.2) is 4.68 Å². The standard InChI is InChI=1S/C18H16BrN3O/c19-16-6-8-17(9-7-16)22-13-15(12-21-22)18(23)20-11-10-14-4-2-1-3-5-14/h1-9,12-13H,10-11H2,(H,20,23). The Balaban J connectivity index is 1.59. The van der Waals surface area contributed by atoms with Crippen molar-refractivity contribution >= 4 is 21.8 Å². The fourth-order valence-electron chi connectivity index (χ4n) is 2.24. The number of nitrogens with one attached hydrogen (secondary N) is 1. The predicted molar refractivity (Wildman–Crippen MR) is 93.7 cm³/mol. The molecule has 3 rings (SSSR count). The normalized spacial score (nSPS) is 10.5. The Labute approximate surface area is 143 Å². The molecule has 1 heterocycles. The first-order valence-corrected chi connectivity index (χ1v) is 8.14. The summed E-state index contributed by atoms with van der Waals surface area (Å²) in [5, 5.41) is 7.17.